The molecule has 0 aliphatic carbocycles. The molecule has 0 atom stereocenters. The number of rotatable bonds is 4. The van der Waals surface area contributed by atoms with Gasteiger partial charge >= 0.3 is 0 Å². The second-order valence-electron chi connectivity index (χ2n) is 7.18. The average Bonchev–Trinajstić information content (AvgIpc) is 2.64. The minimum Gasteiger partial charge on any atom is -0.324 e. The second-order valence-corrected chi connectivity index (χ2v) is 7.18. The zero-order chi connectivity index (χ0) is 19.4. The highest BCUT2D eigenvalue weighted by Crippen LogP contribution is 2.29. The van der Waals surface area contributed by atoms with Gasteiger partial charge in [0.15, 0.2) is 0 Å². The number of hydrogen-bond donors (Lipinski definition) is 2. The Bertz CT molecular complexity index is 932. The van der Waals surface area contributed by atoms with Crippen LogP contribution in [0.3, 0.4) is 0 Å². The van der Waals surface area contributed by atoms with Gasteiger partial charge in [-0.1, -0.05) is 39.0 Å². The Morgan fingerprint density at radius 1 is 0.963 bits per heavy atom. The fraction of sp³-hybridized carbons (Fsp3) is 0.190. The van der Waals surface area contributed by atoms with Crippen LogP contribution in [0.2, 0.25) is 0 Å². The van der Waals surface area contributed by atoms with E-state index in [1.807, 2.05) is 24.3 Å². The number of carbonyl (C=O) groups excluding carboxylic acids is 1. The maximum absolute atomic E-state index is 12.9. The summed E-state index contributed by atoms with van der Waals surface area (Å²) in [6, 6.07) is 13.6. The molecule has 2 aromatic carbocycles. The zero-order valence-corrected chi connectivity index (χ0v) is 15.5. The average molecular weight is 364 g/mol. The first-order valence-corrected chi connectivity index (χ1v) is 8.58. The number of hydrogen-bond acceptors (Lipinski definition) is 4. The third kappa shape index (κ3) is 4.67. The van der Waals surface area contributed by atoms with E-state index < -0.39 is 0 Å². The van der Waals surface area contributed by atoms with E-state index in [4.69, 9.17) is 0 Å². The molecule has 6 heteroatoms. The van der Waals surface area contributed by atoms with Crippen LogP contribution in [0.1, 0.15) is 36.7 Å². The number of halogens is 1. The highest BCUT2D eigenvalue weighted by molar-refractivity contribution is 6.04. The van der Waals surface area contributed by atoms with Crippen LogP contribution >= 0.6 is 0 Å². The Hall–Kier alpha value is -3.28. The molecule has 0 fully saturated rings. The Morgan fingerprint density at radius 3 is 2.22 bits per heavy atom. The number of amides is 1. The molecular weight excluding hydrogens is 343 g/mol. The number of aromatic nitrogens is 2. The van der Waals surface area contributed by atoms with Crippen LogP contribution in [0.15, 0.2) is 60.9 Å². The molecule has 2 N–H and O–H groups in total. The summed E-state index contributed by atoms with van der Waals surface area (Å²) in [5, 5.41) is 5.88. The van der Waals surface area contributed by atoms with Crippen molar-refractivity contribution in [2.24, 2.45) is 0 Å². The number of para-hydroxylation sites is 1. The molecule has 0 aliphatic heterocycles. The molecule has 3 rings (SSSR count). The molecule has 1 amide bonds. The standard InChI is InChI=1S/C21H21FN4O/c1-21(2,3)17-6-4-5-7-18(17)26-19(27)14-12-23-20(24-13-14)25-16-10-8-15(22)9-11-16/h4-13H,1-3H3,(H,26,27)(H,23,24,25). The number of benzene rings is 2. The monoisotopic (exact) mass is 364 g/mol. The van der Waals surface area contributed by atoms with Crippen molar-refractivity contribution in [2.75, 3.05) is 10.6 Å². The summed E-state index contributed by atoms with van der Waals surface area (Å²) < 4.78 is 12.9. The van der Waals surface area contributed by atoms with Crippen LogP contribution in [0, 0.1) is 5.82 Å². The lowest BCUT2D eigenvalue weighted by Gasteiger charge is -2.22. The lowest BCUT2D eigenvalue weighted by Crippen LogP contribution is -2.19. The largest absolute Gasteiger partial charge is 0.324 e. The first-order valence-electron chi connectivity index (χ1n) is 8.58. The fourth-order valence-electron chi connectivity index (χ4n) is 2.61. The minimum atomic E-state index is -0.316. The quantitative estimate of drug-likeness (QED) is 0.690. The predicted octanol–water partition coefficient (Wildman–Crippen LogP) is 4.91. The molecular formula is C21H21FN4O. The third-order valence-corrected chi connectivity index (χ3v) is 4.00. The summed E-state index contributed by atoms with van der Waals surface area (Å²) in [5.74, 6) is -0.266. The maximum atomic E-state index is 12.9. The van der Waals surface area contributed by atoms with E-state index in [9.17, 15) is 9.18 Å². The van der Waals surface area contributed by atoms with E-state index in [0.29, 0.717) is 17.2 Å². The normalized spacial score (nSPS) is 11.1. The molecule has 0 saturated heterocycles. The lowest BCUT2D eigenvalue weighted by atomic mass is 9.86. The van der Waals surface area contributed by atoms with Gasteiger partial charge < -0.3 is 10.6 Å². The number of nitrogens with one attached hydrogen (secondary N) is 2. The van der Waals surface area contributed by atoms with E-state index in [1.54, 1.807) is 12.1 Å². The number of nitrogens with zero attached hydrogens (tertiary/aromatic N) is 2. The Balaban J connectivity index is 1.72. The van der Waals surface area contributed by atoms with Crippen LogP contribution in [-0.2, 0) is 5.41 Å². The number of carbonyl (C=O) groups is 1. The highest BCUT2D eigenvalue weighted by atomic mass is 19.1. The van der Waals surface area contributed by atoms with Gasteiger partial charge in [0.05, 0.1) is 5.56 Å². The van der Waals surface area contributed by atoms with Gasteiger partial charge in [0.2, 0.25) is 5.95 Å². The van der Waals surface area contributed by atoms with Gasteiger partial charge in [0, 0.05) is 23.8 Å². The summed E-state index contributed by atoms with van der Waals surface area (Å²) in [4.78, 5) is 20.9. The summed E-state index contributed by atoms with van der Waals surface area (Å²) in [6.07, 6.45) is 2.90. The van der Waals surface area contributed by atoms with Gasteiger partial charge in [-0.3, -0.25) is 4.79 Å². The van der Waals surface area contributed by atoms with Crippen molar-refractivity contribution in [3.63, 3.8) is 0 Å². The molecule has 5 nitrogen and oxygen atoms in total. The van der Waals surface area contributed by atoms with E-state index in [-0.39, 0.29) is 17.1 Å². The fourth-order valence-corrected chi connectivity index (χ4v) is 2.61. The van der Waals surface area contributed by atoms with Crippen molar-refractivity contribution in [1.82, 2.24) is 9.97 Å². The maximum Gasteiger partial charge on any atom is 0.258 e. The molecule has 0 bridgehead atoms. The van der Waals surface area contributed by atoms with Gasteiger partial charge in [-0.25, -0.2) is 14.4 Å². The molecule has 138 valence electrons. The van der Waals surface area contributed by atoms with Crippen molar-refractivity contribution in [1.29, 1.82) is 0 Å². The van der Waals surface area contributed by atoms with Crippen molar-refractivity contribution >= 4 is 23.2 Å². The van der Waals surface area contributed by atoms with Gasteiger partial charge in [-0.2, -0.15) is 0 Å². The first kappa shape index (κ1) is 18.5. The molecule has 0 aliphatic rings. The topological polar surface area (TPSA) is 66.9 Å². The van der Waals surface area contributed by atoms with Crippen LogP contribution < -0.4 is 10.6 Å². The van der Waals surface area contributed by atoms with Crippen molar-refractivity contribution in [3.8, 4) is 0 Å². The SMILES string of the molecule is CC(C)(C)c1ccccc1NC(=O)c1cnc(Nc2ccc(F)cc2)nc1. The van der Waals surface area contributed by atoms with E-state index >= 15 is 0 Å². The minimum absolute atomic E-state index is 0.0939. The lowest BCUT2D eigenvalue weighted by molar-refractivity contribution is 0.102. The molecule has 27 heavy (non-hydrogen) atoms. The van der Waals surface area contributed by atoms with Gasteiger partial charge in [0.1, 0.15) is 5.82 Å². The summed E-state index contributed by atoms with van der Waals surface area (Å²) in [5.41, 5.74) is 2.73. The van der Waals surface area contributed by atoms with Crippen molar-refractivity contribution in [2.45, 2.75) is 26.2 Å². The Morgan fingerprint density at radius 2 is 1.59 bits per heavy atom. The van der Waals surface area contributed by atoms with Gasteiger partial charge in [-0.15, -0.1) is 0 Å². The first-order chi connectivity index (χ1) is 12.8. The summed E-state index contributed by atoms with van der Waals surface area (Å²) in [6.45, 7) is 6.28. The Labute approximate surface area is 157 Å². The smallest absolute Gasteiger partial charge is 0.258 e. The van der Waals surface area contributed by atoms with Crippen LogP contribution in [0.4, 0.5) is 21.7 Å². The van der Waals surface area contributed by atoms with Crippen LogP contribution in [0.5, 0.6) is 0 Å². The highest BCUT2D eigenvalue weighted by Gasteiger charge is 2.19. The van der Waals surface area contributed by atoms with Gasteiger partial charge in [0.25, 0.3) is 5.91 Å². The van der Waals surface area contributed by atoms with Crippen molar-refractivity contribution in [3.05, 3.63) is 77.9 Å². The van der Waals surface area contributed by atoms with E-state index in [2.05, 4.69) is 41.4 Å². The molecule has 1 aromatic heterocycles. The summed E-state index contributed by atoms with van der Waals surface area (Å²) >= 11 is 0. The molecule has 0 spiro atoms. The third-order valence-electron chi connectivity index (χ3n) is 4.00. The molecule has 1 heterocycles. The van der Waals surface area contributed by atoms with Crippen LogP contribution in [-0.4, -0.2) is 15.9 Å². The van der Waals surface area contributed by atoms with E-state index in [1.165, 1.54) is 24.5 Å². The van der Waals surface area contributed by atoms with E-state index in [0.717, 1.165) is 11.3 Å². The molecule has 0 saturated carbocycles. The Kier molecular flexibility index (Phi) is 5.16. The predicted molar refractivity (Wildman–Crippen MR) is 105 cm³/mol. The van der Waals surface area contributed by atoms with Crippen LogP contribution in [0.25, 0.3) is 0 Å². The molecule has 3 aromatic rings. The molecule has 0 unspecified atom stereocenters. The summed E-state index contributed by atoms with van der Waals surface area (Å²) in [7, 11) is 0. The second kappa shape index (κ2) is 7.53. The molecule has 0 radical (unpaired) electrons. The number of anilines is 3. The van der Waals surface area contributed by atoms with Crippen molar-refractivity contribution < 1.29 is 9.18 Å². The van der Waals surface area contributed by atoms with Gasteiger partial charge in [-0.05, 0) is 41.3 Å². The zero-order valence-electron chi connectivity index (χ0n) is 15.5.